The molecule has 0 saturated heterocycles. The van der Waals surface area contributed by atoms with Crippen molar-refractivity contribution in [2.75, 3.05) is 13.2 Å². The first-order chi connectivity index (χ1) is 10.5. The Morgan fingerprint density at radius 1 is 1.14 bits per heavy atom. The highest BCUT2D eigenvalue weighted by molar-refractivity contribution is 5.80. The van der Waals surface area contributed by atoms with E-state index in [4.69, 9.17) is 4.74 Å². The van der Waals surface area contributed by atoms with Crippen LogP contribution in [-0.2, 0) is 16.0 Å². The number of nitrogens with one attached hydrogen (secondary N) is 1. The average molecular weight is 307 g/mol. The molecule has 0 aromatic heterocycles. The van der Waals surface area contributed by atoms with Crippen LogP contribution < -0.4 is 10.1 Å². The zero-order valence-corrected chi connectivity index (χ0v) is 13.5. The maximum absolute atomic E-state index is 12.0. The summed E-state index contributed by atoms with van der Waals surface area (Å²) in [7, 11) is 0. The Bertz CT molecular complexity index is 492. The largest absolute Gasteiger partial charge is 0.494 e. The second-order valence-electron chi connectivity index (χ2n) is 5.32. The molecule has 2 N–H and O–H groups in total. The van der Waals surface area contributed by atoms with Crippen LogP contribution in [0.3, 0.4) is 0 Å². The third-order valence-corrected chi connectivity index (χ3v) is 4.03. The molecule has 1 amide bonds. The molecule has 122 valence electrons. The summed E-state index contributed by atoms with van der Waals surface area (Å²) in [6.45, 7) is 6.33. The lowest BCUT2D eigenvalue weighted by Crippen LogP contribution is -2.42. The summed E-state index contributed by atoms with van der Waals surface area (Å²) >= 11 is 0. The van der Waals surface area contributed by atoms with Gasteiger partial charge in [0.1, 0.15) is 5.75 Å². The number of aliphatic carboxylic acids is 1. The van der Waals surface area contributed by atoms with Crippen LogP contribution in [0.4, 0.5) is 0 Å². The molecule has 0 aliphatic rings. The Kier molecular flexibility index (Phi) is 6.89. The summed E-state index contributed by atoms with van der Waals surface area (Å²) in [5, 5.41) is 12.1. The van der Waals surface area contributed by atoms with E-state index in [1.165, 1.54) is 0 Å². The maximum atomic E-state index is 12.0. The number of hydrogen-bond donors (Lipinski definition) is 2. The summed E-state index contributed by atoms with van der Waals surface area (Å²) in [4.78, 5) is 23.4. The molecule has 0 aliphatic heterocycles. The van der Waals surface area contributed by atoms with E-state index in [1.807, 2.05) is 45.0 Å². The number of rotatable bonds is 9. The van der Waals surface area contributed by atoms with E-state index in [0.29, 0.717) is 19.4 Å². The molecular weight excluding hydrogens is 282 g/mol. The minimum Gasteiger partial charge on any atom is -0.494 e. The van der Waals surface area contributed by atoms with E-state index in [1.54, 1.807) is 0 Å². The summed E-state index contributed by atoms with van der Waals surface area (Å²) in [6, 6.07) is 7.33. The van der Waals surface area contributed by atoms with Crippen molar-refractivity contribution in [2.24, 2.45) is 5.41 Å². The van der Waals surface area contributed by atoms with E-state index < -0.39 is 11.4 Å². The second kappa shape index (κ2) is 8.41. The molecular formula is C17H25NO4. The van der Waals surface area contributed by atoms with Crippen LogP contribution >= 0.6 is 0 Å². The summed E-state index contributed by atoms with van der Waals surface area (Å²) < 4.78 is 5.35. The highest BCUT2D eigenvalue weighted by Gasteiger charge is 2.35. The topological polar surface area (TPSA) is 75.6 Å². The van der Waals surface area contributed by atoms with Gasteiger partial charge in [0.2, 0.25) is 5.91 Å². The Hall–Kier alpha value is -2.04. The monoisotopic (exact) mass is 307 g/mol. The van der Waals surface area contributed by atoms with Gasteiger partial charge in [-0.2, -0.15) is 0 Å². The van der Waals surface area contributed by atoms with Gasteiger partial charge in [-0.1, -0.05) is 26.0 Å². The minimum absolute atomic E-state index is 0.158. The van der Waals surface area contributed by atoms with Crippen LogP contribution in [0.25, 0.3) is 0 Å². The Balaban J connectivity index is 2.57. The van der Waals surface area contributed by atoms with E-state index in [9.17, 15) is 14.7 Å². The first kappa shape index (κ1) is 18.0. The van der Waals surface area contributed by atoms with Gasteiger partial charge in [0.15, 0.2) is 0 Å². The second-order valence-corrected chi connectivity index (χ2v) is 5.32. The van der Waals surface area contributed by atoms with Gasteiger partial charge >= 0.3 is 5.97 Å². The highest BCUT2D eigenvalue weighted by atomic mass is 16.5. The molecule has 1 aromatic rings. The van der Waals surface area contributed by atoms with Crippen molar-refractivity contribution in [3.63, 3.8) is 0 Å². The fraction of sp³-hybridized carbons (Fsp3) is 0.529. The number of hydrogen-bond acceptors (Lipinski definition) is 3. The highest BCUT2D eigenvalue weighted by Crippen LogP contribution is 2.25. The lowest BCUT2D eigenvalue weighted by atomic mass is 9.82. The van der Waals surface area contributed by atoms with E-state index in [-0.39, 0.29) is 18.9 Å². The third-order valence-electron chi connectivity index (χ3n) is 4.03. The number of carbonyl (C=O) groups is 2. The molecule has 22 heavy (non-hydrogen) atoms. The molecule has 0 fully saturated rings. The minimum atomic E-state index is -0.880. The molecule has 5 nitrogen and oxygen atoms in total. The van der Waals surface area contributed by atoms with Gasteiger partial charge in [0, 0.05) is 6.54 Å². The molecule has 0 radical (unpaired) electrons. The number of carboxylic acids is 1. The molecule has 0 saturated carbocycles. The van der Waals surface area contributed by atoms with Crippen LogP contribution in [0, 0.1) is 5.41 Å². The fourth-order valence-electron chi connectivity index (χ4n) is 2.26. The van der Waals surface area contributed by atoms with Crippen molar-refractivity contribution in [2.45, 2.75) is 40.0 Å². The van der Waals surface area contributed by atoms with Crippen molar-refractivity contribution in [3.05, 3.63) is 29.8 Å². The zero-order valence-electron chi connectivity index (χ0n) is 13.5. The maximum Gasteiger partial charge on any atom is 0.311 e. The normalized spacial score (nSPS) is 11.0. The number of benzene rings is 1. The zero-order chi connectivity index (χ0) is 16.6. The molecule has 0 aliphatic carbocycles. The van der Waals surface area contributed by atoms with Gasteiger partial charge in [-0.3, -0.25) is 9.59 Å². The van der Waals surface area contributed by atoms with Crippen LogP contribution in [0.2, 0.25) is 0 Å². The SMILES string of the molecule is CCOc1ccc(CC(=O)NCC(CC)(CC)C(=O)O)cc1. The van der Waals surface area contributed by atoms with Crippen molar-refractivity contribution < 1.29 is 19.4 Å². The van der Waals surface area contributed by atoms with Gasteiger partial charge in [-0.25, -0.2) is 0 Å². The lowest BCUT2D eigenvalue weighted by molar-refractivity contribution is -0.149. The molecule has 5 heteroatoms. The molecule has 0 unspecified atom stereocenters. The molecule has 0 spiro atoms. The predicted octanol–water partition coefficient (Wildman–Crippen LogP) is 2.63. The fourth-order valence-corrected chi connectivity index (χ4v) is 2.26. The van der Waals surface area contributed by atoms with Crippen molar-refractivity contribution in [1.29, 1.82) is 0 Å². The molecule has 1 rings (SSSR count). The van der Waals surface area contributed by atoms with Gasteiger partial charge in [0.05, 0.1) is 18.4 Å². The lowest BCUT2D eigenvalue weighted by Gasteiger charge is -2.26. The van der Waals surface area contributed by atoms with Crippen molar-refractivity contribution >= 4 is 11.9 Å². The standard InChI is InChI=1S/C17H25NO4/c1-4-17(5-2,16(20)21)12-18-15(19)11-13-7-9-14(10-8-13)22-6-3/h7-10H,4-6,11-12H2,1-3H3,(H,18,19)(H,20,21). The van der Waals surface area contributed by atoms with Crippen LogP contribution in [0.1, 0.15) is 39.2 Å². The van der Waals surface area contributed by atoms with Gasteiger partial charge in [-0.15, -0.1) is 0 Å². The molecule has 0 bridgehead atoms. The Morgan fingerprint density at radius 3 is 2.18 bits per heavy atom. The number of carbonyl (C=O) groups excluding carboxylic acids is 1. The summed E-state index contributed by atoms with van der Waals surface area (Å²) in [5.41, 5.74) is -0.0102. The summed E-state index contributed by atoms with van der Waals surface area (Å²) in [5.74, 6) is -0.260. The quantitative estimate of drug-likeness (QED) is 0.735. The van der Waals surface area contributed by atoms with Gasteiger partial charge in [0.25, 0.3) is 0 Å². The average Bonchev–Trinajstić information content (AvgIpc) is 2.51. The van der Waals surface area contributed by atoms with Crippen LogP contribution in [0.5, 0.6) is 5.75 Å². The Morgan fingerprint density at radius 2 is 1.73 bits per heavy atom. The molecule has 0 heterocycles. The summed E-state index contributed by atoms with van der Waals surface area (Å²) in [6.07, 6.45) is 1.21. The van der Waals surface area contributed by atoms with Crippen molar-refractivity contribution in [1.82, 2.24) is 5.32 Å². The predicted molar refractivity (Wildman–Crippen MR) is 85.0 cm³/mol. The van der Waals surface area contributed by atoms with Crippen LogP contribution in [0.15, 0.2) is 24.3 Å². The van der Waals surface area contributed by atoms with Crippen LogP contribution in [-0.4, -0.2) is 30.1 Å². The molecule has 1 aromatic carbocycles. The molecule has 0 atom stereocenters. The smallest absolute Gasteiger partial charge is 0.311 e. The number of amides is 1. The third kappa shape index (κ3) is 4.76. The van der Waals surface area contributed by atoms with E-state index >= 15 is 0 Å². The van der Waals surface area contributed by atoms with E-state index in [2.05, 4.69) is 5.32 Å². The van der Waals surface area contributed by atoms with Crippen molar-refractivity contribution in [3.8, 4) is 5.75 Å². The number of ether oxygens (including phenoxy) is 1. The first-order valence-corrected chi connectivity index (χ1v) is 7.69. The first-order valence-electron chi connectivity index (χ1n) is 7.69. The van der Waals surface area contributed by atoms with E-state index in [0.717, 1.165) is 11.3 Å². The van der Waals surface area contributed by atoms with Gasteiger partial charge < -0.3 is 15.2 Å². The Labute approximate surface area is 131 Å². The number of carboxylic acid groups (broad SMARTS) is 1. The van der Waals surface area contributed by atoms with Gasteiger partial charge in [-0.05, 0) is 37.5 Å².